The number of hydrogen-bond acceptors (Lipinski definition) is 5. The van der Waals surface area contributed by atoms with Crippen LogP contribution in [-0.4, -0.2) is 58.0 Å². The molecule has 0 aromatic heterocycles. The van der Waals surface area contributed by atoms with Crippen molar-refractivity contribution in [2.45, 2.75) is 13.8 Å². The standard InChI is InChI=1S/C9H21N3O3S/c1-9(2)11-15-8-6-10-5-7-12(3)16(4,13)14/h10H,5-8H2,1-4H3. The van der Waals surface area contributed by atoms with Gasteiger partial charge in [0.1, 0.15) is 6.61 Å². The van der Waals surface area contributed by atoms with E-state index in [4.69, 9.17) is 4.84 Å². The minimum absolute atomic E-state index is 0.453. The first-order valence-electron chi connectivity index (χ1n) is 5.09. The van der Waals surface area contributed by atoms with E-state index in [2.05, 4.69) is 10.5 Å². The largest absolute Gasteiger partial charge is 0.395 e. The lowest BCUT2D eigenvalue weighted by atomic mass is 10.5. The van der Waals surface area contributed by atoms with Gasteiger partial charge in [-0.25, -0.2) is 12.7 Å². The summed E-state index contributed by atoms with van der Waals surface area (Å²) in [5.41, 5.74) is 0.872. The molecule has 0 rings (SSSR count). The van der Waals surface area contributed by atoms with Crippen molar-refractivity contribution in [3.63, 3.8) is 0 Å². The summed E-state index contributed by atoms with van der Waals surface area (Å²) in [7, 11) is -1.52. The number of sulfonamides is 1. The summed E-state index contributed by atoms with van der Waals surface area (Å²) in [5.74, 6) is 0. The van der Waals surface area contributed by atoms with Crippen LogP contribution in [0.5, 0.6) is 0 Å². The molecule has 0 amide bonds. The molecule has 0 spiro atoms. The Balaban J connectivity index is 3.45. The summed E-state index contributed by atoms with van der Waals surface area (Å²) in [5, 5.41) is 6.83. The molecular formula is C9H21N3O3S. The molecular weight excluding hydrogens is 230 g/mol. The van der Waals surface area contributed by atoms with E-state index in [1.54, 1.807) is 7.05 Å². The van der Waals surface area contributed by atoms with Gasteiger partial charge in [-0.05, 0) is 13.8 Å². The van der Waals surface area contributed by atoms with Gasteiger partial charge >= 0.3 is 0 Å². The molecule has 16 heavy (non-hydrogen) atoms. The molecule has 0 heterocycles. The van der Waals surface area contributed by atoms with Gasteiger partial charge in [-0.15, -0.1) is 0 Å². The number of hydrogen-bond donors (Lipinski definition) is 1. The Bertz CT molecular complexity index is 310. The molecule has 0 aromatic rings. The zero-order valence-corrected chi connectivity index (χ0v) is 11.2. The second-order valence-corrected chi connectivity index (χ2v) is 5.80. The second-order valence-electron chi connectivity index (χ2n) is 3.71. The molecule has 0 bridgehead atoms. The smallest absolute Gasteiger partial charge is 0.210 e. The van der Waals surface area contributed by atoms with Crippen LogP contribution < -0.4 is 5.32 Å². The van der Waals surface area contributed by atoms with Gasteiger partial charge < -0.3 is 10.2 Å². The van der Waals surface area contributed by atoms with Crippen LogP contribution in [0.15, 0.2) is 5.16 Å². The summed E-state index contributed by atoms with van der Waals surface area (Å²) < 4.78 is 23.4. The monoisotopic (exact) mass is 251 g/mol. The molecule has 0 fully saturated rings. The summed E-state index contributed by atoms with van der Waals surface area (Å²) in [6, 6.07) is 0. The van der Waals surface area contributed by atoms with E-state index < -0.39 is 10.0 Å². The lowest BCUT2D eigenvalue weighted by molar-refractivity contribution is 0.145. The van der Waals surface area contributed by atoms with Crippen LogP contribution in [0, 0.1) is 0 Å². The highest BCUT2D eigenvalue weighted by Crippen LogP contribution is 1.90. The highest BCUT2D eigenvalue weighted by molar-refractivity contribution is 7.88. The van der Waals surface area contributed by atoms with Gasteiger partial charge in [-0.1, -0.05) is 5.16 Å². The lowest BCUT2D eigenvalue weighted by Crippen LogP contribution is -2.34. The zero-order chi connectivity index (χ0) is 12.6. The van der Waals surface area contributed by atoms with Crippen LogP contribution in [0.4, 0.5) is 0 Å². The van der Waals surface area contributed by atoms with Crippen LogP contribution >= 0.6 is 0 Å². The first-order chi connectivity index (χ1) is 7.34. The molecule has 0 atom stereocenters. The number of likely N-dealkylation sites (N-methyl/N-ethyl adjacent to an activating group) is 1. The SMILES string of the molecule is CC(C)=NOCCNCCN(C)S(C)(=O)=O. The summed E-state index contributed by atoms with van der Waals surface area (Å²) in [6.07, 6.45) is 1.19. The Hall–Kier alpha value is -0.660. The van der Waals surface area contributed by atoms with Gasteiger partial charge in [-0.2, -0.15) is 0 Å². The molecule has 6 nitrogen and oxygen atoms in total. The van der Waals surface area contributed by atoms with Crippen molar-refractivity contribution >= 4 is 15.7 Å². The van der Waals surface area contributed by atoms with Gasteiger partial charge in [-0.3, -0.25) is 0 Å². The van der Waals surface area contributed by atoms with Crippen LogP contribution in [0.1, 0.15) is 13.8 Å². The molecule has 0 aromatic carbocycles. The van der Waals surface area contributed by atoms with Crippen molar-refractivity contribution in [1.29, 1.82) is 0 Å². The Labute approximate surface area is 97.7 Å². The predicted octanol–water partition coefficient (Wildman–Crippen LogP) is -0.120. The average Bonchev–Trinajstić information content (AvgIpc) is 2.14. The second kappa shape index (κ2) is 7.59. The average molecular weight is 251 g/mol. The van der Waals surface area contributed by atoms with Crippen molar-refractivity contribution in [1.82, 2.24) is 9.62 Å². The fraction of sp³-hybridized carbons (Fsp3) is 0.889. The molecule has 0 saturated heterocycles. The van der Waals surface area contributed by atoms with Crippen LogP contribution in [0.3, 0.4) is 0 Å². The van der Waals surface area contributed by atoms with E-state index in [0.29, 0.717) is 26.2 Å². The highest BCUT2D eigenvalue weighted by atomic mass is 32.2. The number of oxime groups is 1. The van der Waals surface area contributed by atoms with Crippen molar-refractivity contribution in [2.75, 3.05) is 39.5 Å². The summed E-state index contributed by atoms with van der Waals surface area (Å²) >= 11 is 0. The third-order valence-corrected chi connectivity index (χ3v) is 3.10. The van der Waals surface area contributed by atoms with E-state index in [1.807, 2.05) is 13.8 Å². The van der Waals surface area contributed by atoms with E-state index in [9.17, 15) is 8.42 Å². The Kier molecular flexibility index (Phi) is 7.27. The van der Waals surface area contributed by atoms with Crippen molar-refractivity contribution < 1.29 is 13.3 Å². The van der Waals surface area contributed by atoms with Crippen molar-refractivity contribution in [2.24, 2.45) is 5.16 Å². The summed E-state index contributed by atoms with van der Waals surface area (Å²) in [6.45, 7) is 5.89. The van der Waals surface area contributed by atoms with Crippen molar-refractivity contribution in [3.8, 4) is 0 Å². The van der Waals surface area contributed by atoms with Gasteiger partial charge in [0, 0.05) is 26.7 Å². The molecule has 0 aliphatic carbocycles. The lowest BCUT2D eigenvalue weighted by Gasteiger charge is -2.13. The molecule has 1 N–H and O–H groups in total. The Morgan fingerprint density at radius 3 is 2.50 bits per heavy atom. The fourth-order valence-corrected chi connectivity index (χ4v) is 1.24. The maximum absolute atomic E-state index is 11.0. The Morgan fingerprint density at radius 1 is 1.38 bits per heavy atom. The van der Waals surface area contributed by atoms with E-state index in [1.165, 1.54) is 10.6 Å². The first kappa shape index (κ1) is 15.3. The molecule has 0 saturated carbocycles. The molecule has 0 aliphatic heterocycles. The quantitative estimate of drug-likeness (QED) is 0.371. The third-order valence-electron chi connectivity index (χ3n) is 1.79. The molecule has 7 heteroatoms. The Morgan fingerprint density at radius 2 is 2.00 bits per heavy atom. The van der Waals surface area contributed by atoms with Gasteiger partial charge in [0.15, 0.2) is 0 Å². The topological polar surface area (TPSA) is 71.0 Å². The van der Waals surface area contributed by atoms with E-state index in [0.717, 1.165) is 5.71 Å². The normalized spacial score (nSPS) is 11.6. The predicted molar refractivity (Wildman–Crippen MR) is 65.1 cm³/mol. The van der Waals surface area contributed by atoms with E-state index >= 15 is 0 Å². The van der Waals surface area contributed by atoms with Gasteiger partial charge in [0.25, 0.3) is 0 Å². The third kappa shape index (κ3) is 8.63. The fourth-order valence-electron chi connectivity index (χ4n) is 0.820. The summed E-state index contributed by atoms with van der Waals surface area (Å²) in [4.78, 5) is 4.96. The number of rotatable bonds is 8. The highest BCUT2D eigenvalue weighted by Gasteiger charge is 2.08. The van der Waals surface area contributed by atoms with Gasteiger partial charge in [0.05, 0.1) is 12.0 Å². The number of nitrogens with one attached hydrogen (secondary N) is 1. The molecule has 0 radical (unpaired) electrons. The maximum Gasteiger partial charge on any atom is 0.210 e. The van der Waals surface area contributed by atoms with E-state index in [-0.39, 0.29) is 0 Å². The molecule has 0 unspecified atom stereocenters. The van der Waals surface area contributed by atoms with Crippen LogP contribution in [0.2, 0.25) is 0 Å². The van der Waals surface area contributed by atoms with Crippen LogP contribution in [0.25, 0.3) is 0 Å². The van der Waals surface area contributed by atoms with Crippen LogP contribution in [-0.2, 0) is 14.9 Å². The minimum atomic E-state index is -3.07. The maximum atomic E-state index is 11.0. The first-order valence-corrected chi connectivity index (χ1v) is 6.94. The number of nitrogens with zero attached hydrogens (tertiary/aromatic N) is 2. The molecule has 96 valence electrons. The zero-order valence-electron chi connectivity index (χ0n) is 10.4. The molecule has 0 aliphatic rings. The van der Waals surface area contributed by atoms with Gasteiger partial charge in [0.2, 0.25) is 10.0 Å². The van der Waals surface area contributed by atoms with Crippen molar-refractivity contribution in [3.05, 3.63) is 0 Å². The minimum Gasteiger partial charge on any atom is -0.395 e.